The van der Waals surface area contributed by atoms with Crippen LogP contribution in [-0.2, 0) is 5.41 Å². The number of benzene rings is 3. The SMILES string of the molecule is COc1c(-c2ccc3ccc4ccc(-c5cc(C(C)(C)C)cc(-c6cccs6)c5OC)nc4c3n2)cccc1-c1cccs1. The number of pyridine rings is 2. The van der Waals surface area contributed by atoms with Crippen molar-refractivity contribution in [3.05, 3.63) is 107 Å². The Bertz CT molecular complexity index is 2130. The Balaban J connectivity index is 1.44. The standard InChI is InChI=1S/C38H32N2O2S2/c1-38(2,3)25-21-28(37(42-5)29(22-25)33-12-8-20-44-33)31-18-16-24-14-13-23-15-17-30(39-34(23)35(24)40-31)26-9-6-10-27(36(26)41-4)32-11-7-19-43-32/h6-22H,1-5H3. The average molecular weight is 613 g/mol. The van der Waals surface area contributed by atoms with Crippen LogP contribution in [0.1, 0.15) is 26.3 Å². The van der Waals surface area contributed by atoms with Gasteiger partial charge in [0.05, 0.1) is 36.6 Å². The highest BCUT2D eigenvalue weighted by Crippen LogP contribution is 2.44. The topological polar surface area (TPSA) is 44.2 Å². The number of hydrogen-bond donors (Lipinski definition) is 0. The van der Waals surface area contributed by atoms with Crippen LogP contribution in [0.15, 0.2) is 102 Å². The van der Waals surface area contributed by atoms with E-state index < -0.39 is 0 Å². The maximum atomic E-state index is 6.10. The largest absolute Gasteiger partial charge is 0.495 e. The second kappa shape index (κ2) is 11.2. The molecule has 0 N–H and O–H groups in total. The number of aromatic nitrogens is 2. The van der Waals surface area contributed by atoms with Gasteiger partial charge in [0.25, 0.3) is 0 Å². The highest BCUT2D eigenvalue weighted by Gasteiger charge is 2.23. The predicted octanol–water partition coefficient (Wildman–Crippen LogP) is 10.9. The molecule has 7 aromatic rings. The molecule has 44 heavy (non-hydrogen) atoms. The van der Waals surface area contributed by atoms with Gasteiger partial charge in [-0.2, -0.15) is 0 Å². The normalized spacial score (nSPS) is 11.8. The van der Waals surface area contributed by atoms with Crippen LogP contribution >= 0.6 is 22.7 Å². The Morgan fingerprint density at radius 1 is 0.545 bits per heavy atom. The molecule has 6 heteroatoms. The third kappa shape index (κ3) is 4.94. The van der Waals surface area contributed by atoms with E-state index in [0.717, 1.165) is 71.8 Å². The van der Waals surface area contributed by atoms with Crippen LogP contribution in [0.4, 0.5) is 0 Å². The molecule has 0 radical (unpaired) electrons. The summed E-state index contributed by atoms with van der Waals surface area (Å²) in [4.78, 5) is 12.9. The Morgan fingerprint density at radius 2 is 1.05 bits per heavy atom. The van der Waals surface area contributed by atoms with Gasteiger partial charge in [-0.05, 0) is 70.3 Å². The molecule has 0 bridgehead atoms. The van der Waals surface area contributed by atoms with Crippen LogP contribution in [0.3, 0.4) is 0 Å². The van der Waals surface area contributed by atoms with Crippen LogP contribution in [-0.4, -0.2) is 24.2 Å². The molecule has 0 saturated carbocycles. The molecule has 218 valence electrons. The molecule has 4 nitrogen and oxygen atoms in total. The third-order valence-corrected chi connectivity index (χ3v) is 9.83. The van der Waals surface area contributed by atoms with E-state index >= 15 is 0 Å². The van der Waals surface area contributed by atoms with E-state index in [1.807, 2.05) is 0 Å². The first-order valence-electron chi connectivity index (χ1n) is 14.5. The number of fused-ring (bicyclic) bond motifs is 3. The summed E-state index contributed by atoms with van der Waals surface area (Å²) in [5, 5.41) is 6.26. The van der Waals surface area contributed by atoms with Crippen molar-refractivity contribution in [2.24, 2.45) is 0 Å². The molecule has 0 aliphatic carbocycles. The van der Waals surface area contributed by atoms with Crippen LogP contribution in [0.5, 0.6) is 11.5 Å². The van der Waals surface area contributed by atoms with E-state index in [1.165, 1.54) is 10.4 Å². The molecule has 0 unspecified atom stereocenters. The van der Waals surface area contributed by atoms with Crippen molar-refractivity contribution in [2.75, 3.05) is 14.2 Å². The number of ether oxygens (including phenoxy) is 2. The van der Waals surface area contributed by atoms with Gasteiger partial charge in [-0.1, -0.05) is 63.2 Å². The van der Waals surface area contributed by atoms with Gasteiger partial charge in [0.2, 0.25) is 0 Å². The molecule has 0 spiro atoms. The first-order chi connectivity index (χ1) is 21.4. The summed E-state index contributed by atoms with van der Waals surface area (Å²) in [6.07, 6.45) is 0. The summed E-state index contributed by atoms with van der Waals surface area (Å²) in [5.41, 5.74) is 8.67. The number of hydrogen-bond acceptors (Lipinski definition) is 6. The lowest BCUT2D eigenvalue weighted by Gasteiger charge is -2.23. The van der Waals surface area contributed by atoms with E-state index in [-0.39, 0.29) is 5.41 Å². The second-order valence-corrected chi connectivity index (χ2v) is 13.7. The van der Waals surface area contributed by atoms with Crippen molar-refractivity contribution >= 4 is 44.5 Å². The number of methoxy groups -OCH3 is 2. The smallest absolute Gasteiger partial charge is 0.136 e. The Hall–Kier alpha value is -4.52. The van der Waals surface area contributed by atoms with Crippen molar-refractivity contribution in [1.29, 1.82) is 0 Å². The minimum absolute atomic E-state index is 0.0518. The van der Waals surface area contributed by atoms with E-state index in [4.69, 9.17) is 19.4 Å². The zero-order valence-electron chi connectivity index (χ0n) is 25.3. The van der Waals surface area contributed by atoms with Gasteiger partial charge in [-0.25, -0.2) is 9.97 Å². The van der Waals surface area contributed by atoms with Gasteiger partial charge in [0.1, 0.15) is 11.5 Å². The Morgan fingerprint density at radius 3 is 1.59 bits per heavy atom. The van der Waals surface area contributed by atoms with E-state index in [0.29, 0.717) is 0 Å². The minimum atomic E-state index is -0.0518. The van der Waals surface area contributed by atoms with Crippen molar-refractivity contribution in [2.45, 2.75) is 26.2 Å². The van der Waals surface area contributed by atoms with Crippen molar-refractivity contribution in [3.8, 4) is 54.9 Å². The average Bonchev–Trinajstić information content (AvgIpc) is 3.78. The van der Waals surface area contributed by atoms with Crippen LogP contribution in [0.2, 0.25) is 0 Å². The summed E-state index contributed by atoms with van der Waals surface area (Å²) in [7, 11) is 3.47. The number of nitrogens with zero attached hydrogens (tertiary/aromatic N) is 2. The number of para-hydroxylation sites is 1. The molecule has 0 fully saturated rings. The first-order valence-corrected chi connectivity index (χ1v) is 16.3. The van der Waals surface area contributed by atoms with Crippen LogP contribution in [0.25, 0.3) is 65.2 Å². The molecule has 3 aromatic carbocycles. The molecular weight excluding hydrogens is 581 g/mol. The van der Waals surface area contributed by atoms with Crippen molar-refractivity contribution in [1.82, 2.24) is 9.97 Å². The van der Waals surface area contributed by atoms with Crippen LogP contribution in [0, 0.1) is 0 Å². The van der Waals surface area contributed by atoms with Crippen LogP contribution < -0.4 is 9.47 Å². The van der Waals surface area contributed by atoms with Crippen molar-refractivity contribution < 1.29 is 9.47 Å². The quantitative estimate of drug-likeness (QED) is 0.175. The summed E-state index contributed by atoms with van der Waals surface area (Å²) < 4.78 is 12.1. The summed E-state index contributed by atoms with van der Waals surface area (Å²) in [5.74, 6) is 1.65. The maximum absolute atomic E-state index is 6.10. The monoisotopic (exact) mass is 612 g/mol. The summed E-state index contributed by atoms with van der Waals surface area (Å²) in [6.45, 7) is 6.72. The molecule has 4 heterocycles. The van der Waals surface area contributed by atoms with E-state index in [2.05, 4.69) is 123 Å². The predicted molar refractivity (Wildman–Crippen MR) is 186 cm³/mol. The summed E-state index contributed by atoms with van der Waals surface area (Å²) in [6, 6.07) is 31.8. The lowest BCUT2D eigenvalue weighted by Crippen LogP contribution is -2.12. The highest BCUT2D eigenvalue weighted by atomic mass is 32.1. The minimum Gasteiger partial charge on any atom is -0.495 e. The van der Waals surface area contributed by atoms with E-state index in [9.17, 15) is 0 Å². The number of thiophene rings is 2. The Kier molecular flexibility index (Phi) is 7.19. The second-order valence-electron chi connectivity index (χ2n) is 11.8. The zero-order valence-corrected chi connectivity index (χ0v) is 27.0. The molecule has 0 aliphatic heterocycles. The Labute approximate surface area is 265 Å². The van der Waals surface area contributed by atoms with Gasteiger partial charge in [-0.15, -0.1) is 22.7 Å². The molecule has 4 aromatic heterocycles. The number of rotatable bonds is 6. The van der Waals surface area contributed by atoms with Gasteiger partial charge < -0.3 is 9.47 Å². The molecule has 7 rings (SSSR count). The molecule has 0 amide bonds. The van der Waals surface area contributed by atoms with Gasteiger partial charge in [0.15, 0.2) is 0 Å². The fraction of sp³-hybridized carbons (Fsp3) is 0.158. The maximum Gasteiger partial charge on any atom is 0.136 e. The molecule has 0 aliphatic rings. The van der Waals surface area contributed by atoms with Gasteiger partial charge >= 0.3 is 0 Å². The fourth-order valence-corrected chi connectivity index (χ4v) is 7.23. The third-order valence-electron chi connectivity index (χ3n) is 8.02. The fourth-order valence-electron chi connectivity index (χ4n) is 5.74. The molecular formula is C38H32N2O2S2. The van der Waals surface area contributed by atoms with Gasteiger partial charge in [-0.3, -0.25) is 0 Å². The van der Waals surface area contributed by atoms with Crippen molar-refractivity contribution in [3.63, 3.8) is 0 Å². The first kappa shape index (κ1) is 28.3. The lowest BCUT2D eigenvalue weighted by molar-refractivity contribution is 0.417. The molecule has 0 saturated heterocycles. The van der Waals surface area contributed by atoms with E-state index in [1.54, 1.807) is 36.9 Å². The zero-order chi connectivity index (χ0) is 30.4. The lowest BCUT2D eigenvalue weighted by atomic mass is 9.84. The van der Waals surface area contributed by atoms with Gasteiger partial charge in [0, 0.05) is 42.8 Å². The highest BCUT2D eigenvalue weighted by molar-refractivity contribution is 7.13. The summed E-state index contributed by atoms with van der Waals surface area (Å²) >= 11 is 3.41. The molecule has 0 atom stereocenters.